The molecule has 134 valence electrons. The van der Waals surface area contributed by atoms with Crippen LogP contribution in [0, 0.1) is 0 Å². The van der Waals surface area contributed by atoms with Crippen LogP contribution in [0.25, 0.3) is 6.08 Å². The summed E-state index contributed by atoms with van der Waals surface area (Å²) in [7, 11) is 0. The molecule has 1 fully saturated rings. The van der Waals surface area contributed by atoms with Crippen LogP contribution in [0.1, 0.15) is 18.4 Å². The van der Waals surface area contributed by atoms with Gasteiger partial charge in [-0.25, -0.2) is 5.43 Å². The van der Waals surface area contributed by atoms with Gasteiger partial charge in [-0.2, -0.15) is 5.10 Å². The first-order valence-corrected chi connectivity index (χ1v) is 8.80. The van der Waals surface area contributed by atoms with Crippen LogP contribution in [0.4, 0.5) is 4.79 Å². The molecule has 2 N–H and O–H groups in total. The quantitative estimate of drug-likeness (QED) is 0.753. The minimum absolute atomic E-state index is 0.0716. The van der Waals surface area contributed by atoms with E-state index in [4.69, 9.17) is 0 Å². The fraction of sp³-hybridized carbons (Fsp3) is 0.235. The normalized spacial score (nSPS) is 18.8. The highest BCUT2D eigenvalue weighted by molar-refractivity contribution is 8.18. The van der Waals surface area contributed by atoms with Crippen LogP contribution in [0.5, 0.6) is 0 Å². The molecule has 9 heteroatoms. The lowest BCUT2D eigenvalue weighted by molar-refractivity contribution is -0.123. The second-order valence-corrected chi connectivity index (χ2v) is 6.59. The van der Waals surface area contributed by atoms with Crippen molar-refractivity contribution in [3.05, 3.63) is 40.8 Å². The molecule has 0 aromatic heterocycles. The van der Waals surface area contributed by atoms with Crippen LogP contribution in [0.15, 0.2) is 40.3 Å². The molecule has 0 spiro atoms. The molecule has 1 aromatic rings. The molecule has 0 saturated carbocycles. The van der Waals surface area contributed by atoms with E-state index < -0.39 is 5.91 Å². The van der Waals surface area contributed by atoms with E-state index in [-0.39, 0.29) is 48.7 Å². The predicted octanol–water partition coefficient (Wildman–Crippen LogP) is 1.11. The zero-order valence-corrected chi connectivity index (χ0v) is 14.5. The van der Waals surface area contributed by atoms with Gasteiger partial charge in [-0.3, -0.25) is 24.1 Å². The van der Waals surface area contributed by atoms with E-state index >= 15 is 0 Å². The summed E-state index contributed by atoms with van der Waals surface area (Å²) in [4.78, 5) is 48.8. The van der Waals surface area contributed by atoms with Gasteiger partial charge in [0.2, 0.25) is 5.91 Å². The number of imide groups is 1. The van der Waals surface area contributed by atoms with Gasteiger partial charge < -0.3 is 5.32 Å². The topological polar surface area (TPSA) is 108 Å². The van der Waals surface area contributed by atoms with Gasteiger partial charge in [-0.05, 0) is 23.4 Å². The third-order valence-corrected chi connectivity index (χ3v) is 4.67. The summed E-state index contributed by atoms with van der Waals surface area (Å²) in [6.45, 7) is 0.185. The summed E-state index contributed by atoms with van der Waals surface area (Å²) < 4.78 is 0. The average Bonchev–Trinajstić information content (AvgIpc) is 2.90. The fourth-order valence-corrected chi connectivity index (χ4v) is 3.28. The Morgan fingerprint density at radius 3 is 2.69 bits per heavy atom. The monoisotopic (exact) mass is 372 g/mol. The molecule has 4 amide bonds. The second-order valence-electron chi connectivity index (χ2n) is 5.59. The highest BCUT2D eigenvalue weighted by Crippen LogP contribution is 2.31. The number of nitrogens with one attached hydrogen (secondary N) is 2. The largest absolute Gasteiger partial charge is 0.349 e. The predicted molar refractivity (Wildman–Crippen MR) is 96.9 cm³/mol. The molecule has 0 aliphatic carbocycles. The first-order chi connectivity index (χ1) is 12.5. The number of hydrogen-bond acceptors (Lipinski definition) is 6. The molecule has 0 atom stereocenters. The van der Waals surface area contributed by atoms with Crippen LogP contribution in [-0.4, -0.2) is 46.7 Å². The number of hydrogen-bond donors (Lipinski definition) is 2. The van der Waals surface area contributed by atoms with E-state index in [9.17, 15) is 19.2 Å². The van der Waals surface area contributed by atoms with E-state index in [2.05, 4.69) is 15.8 Å². The smallest absolute Gasteiger partial charge is 0.293 e. The van der Waals surface area contributed by atoms with Crippen molar-refractivity contribution in [2.75, 3.05) is 13.1 Å². The molecule has 8 nitrogen and oxygen atoms in total. The lowest BCUT2D eigenvalue weighted by Gasteiger charge is -2.14. The number of amides is 4. The average molecular weight is 372 g/mol. The van der Waals surface area contributed by atoms with Gasteiger partial charge in [0.05, 0.1) is 4.91 Å². The van der Waals surface area contributed by atoms with E-state index in [1.54, 1.807) is 6.08 Å². The van der Waals surface area contributed by atoms with Gasteiger partial charge in [0.25, 0.3) is 17.1 Å². The minimum atomic E-state index is -0.420. The Kier molecular flexibility index (Phi) is 5.47. The van der Waals surface area contributed by atoms with Crippen LogP contribution in [0.3, 0.4) is 0 Å². The highest BCUT2D eigenvalue weighted by atomic mass is 32.2. The first kappa shape index (κ1) is 17.9. The molecule has 0 unspecified atom stereocenters. The number of carbonyl (C=O) groups excluding carboxylic acids is 4. The van der Waals surface area contributed by atoms with Gasteiger partial charge in [-0.1, -0.05) is 30.3 Å². The first-order valence-electron chi connectivity index (χ1n) is 7.98. The second kappa shape index (κ2) is 7.96. The Morgan fingerprint density at radius 1 is 1.23 bits per heavy atom. The standard InChI is InChI=1S/C17H16N4O4S/c22-14-7-6-12(19-20-14)15(23)18-8-9-21-16(24)13(26-17(21)25)10-11-4-2-1-3-5-11/h1-5,10H,6-9H2,(H,18,23)(H,20,22)/b13-10+. The van der Waals surface area contributed by atoms with Gasteiger partial charge in [-0.15, -0.1) is 0 Å². The van der Waals surface area contributed by atoms with E-state index in [0.717, 1.165) is 22.2 Å². The summed E-state index contributed by atoms with van der Waals surface area (Å²) in [5.41, 5.74) is 3.31. The molecule has 2 heterocycles. The van der Waals surface area contributed by atoms with Crippen LogP contribution in [0.2, 0.25) is 0 Å². The Bertz CT molecular complexity index is 819. The maximum atomic E-state index is 12.4. The Hall–Kier alpha value is -2.94. The van der Waals surface area contributed by atoms with E-state index in [0.29, 0.717) is 4.91 Å². The minimum Gasteiger partial charge on any atom is -0.349 e. The van der Waals surface area contributed by atoms with Crippen molar-refractivity contribution in [2.24, 2.45) is 5.10 Å². The van der Waals surface area contributed by atoms with Gasteiger partial charge in [0, 0.05) is 25.9 Å². The molecule has 2 aliphatic rings. The van der Waals surface area contributed by atoms with Gasteiger partial charge in [0.1, 0.15) is 5.71 Å². The van der Waals surface area contributed by atoms with Crippen molar-refractivity contribution in [1.82, 2.24) is 15.6 Å². The number of thioether (sulfide) groups is 1. The van der Waals surface area contributed by atoms with Crippen molar-refractivity contribution in [3.8, 4) is 0 Å². The third kappa shape index (κ3) is 4.17. The Morgan fingerprint density at radius 2 is 2.00 bits per heavy atom. The van der Waals surface area contributed by atoms with Crippen molar-refractivity contribution >= 4 is 46.5 Å². The molecule has 26 heavy (non-hydrogen) atoms. The number of rotatable bonds is 5. The van der Waals surface area contributed by atoms with Gasteiger partial charge >= 0.3 is 0 Å². The molecule has 0 radical (unpaired) electrons. The van der Waals surface area contributed by atoms with E-state index in [1.807, 2.05) is 30.3 Å². The molecule has 3 rings (SSSR count). The highest BCUT2D eigenvalue weighted by Gasteiger charge is 2.34. The van der Waals surface area contributed by atoms with E-state index in [1.165, 1.54) is 0 Å². The molecule has 2 aliphatic heterocycles. The third-order valence-electron chi connectivity index (χ3n) is 3.76. The zero-order valence-electron chi connectivity index (χ0n) is 13.7. The van der Waals surface area contributed by atoms with Gasteiger partial charge in [0.15, 0.2) is 0 Å². The number of carbonyl (C=O) groups is 4. The summed E-state index contributed by atoms with van der Waals surface area (Å²) in [5, 5.41) is 5.93. The van der Waals surface area contributed by atoms with Crippen LogP contribution in [-0.2, 0) is 14.4 Å². The van der Waals surface area contributed by atoms with Crippen LogP contribution < -0.4 is 10.7 Å². The molecule has 0 bridgehead atoms. The van der Waals surface area contributed by atoms with Crippen molar-refractivity contribution in [3.63, 3.8) is 0 Å². The lowest BCUT2D eigenvalue weighted by atomic mass is 10.1. The van der Waals surface area contributed by atoms with Crippen LogP contribution >= 0.6 is 11.8 Å². The maximum Gasteiger partial charge on any atom is 0.293 e. The summed E-state index contributed by atoms with van der Waals surface area (Å²) in [6.07, 6.45) is 2.14. The van der Waals surface area contributed by atoms with Crippen molar-refractivity contribution in [1.29, 1.82) is 0 Å². The lowest BCUT2D eigenvalue weighted by Crippen LogP contribution is -2.41. The summed E-state index contributed by atoms with van der Waals surface area (Å²) >= 11 is 0.878. The number of benzene rings is 1. The Balaban J connectivity index is 1.54. The molecule has 1 saturated heterocycles. The number of hydrazone groups is 1. The molecular formula is C17H16N4O4S. The van der Waals surface area contributed by atoms with Crippen molar-refractivity contribution in [2.45, 2.75) is 12.8 Å². The number of nitrogens with zero attached hydrogens (tertiary/aromatic N) is 2. The molecular weight excluding hydrogens is 356 g/mol. The fourth-order valence-electron chi connectivity index (χ4n) is 2.41. The summed E-state index contributed by atoms with van der Waals surface area (Å²) in [6, 6.07) is 9.26. The Labute approximate surface area is 153 Å². The SMILES string of the molecule is O=C1CCC(C(=O)NCCN2C(=O)S/C(=C/c3ccccc3)C2=O)=NN1. The molecule has 1 aromatic carbocycles. The zero-order chi connectivity index (χ0) is 18.5. The summed E-state index contributed by atoms with van der Waals surface area (Å²) in [5.74, 6) is -1.03. The van der Waals surface area contributed by atoms with Crippen molar-refractivity contribution < 1.29 is 19.2 Å². The maximum absolute atomic E-state index is 12.4.